The number of nitrogens with two attached hydrogens (primary N) is 2. The van der Waals surface area contributed by atoms with Crippen LogP contribution in [-0.2, 0) is 97.7 Å². The SMILES string of the molecule is CC[C@@H]1NC(=O)CNC(=O)[C@H]2CCCN2C(=O)[C@@H](CC(N)=O)NC(=O)[C@@H]2C[C@H](O)CN2C(=O)[C@H](Cc2ccc(O)cc2)NC(=O)CSCCN(C)C(=O)C2CCCCCCCCC2N(C)C(=O)C(CC(C)C)NC(=O)[C@H](Cc2cn(CC(=O)O)c3ccccc23)NC(=O)[C@H](CCN)NC(=O)[C@H](Cc2c[nH]c3ccccc23)NC(=O)[C@@H]2C[C@@H](O)CN2C1=O. The Hall–Kier alpha value is -11.2. The molecule has 4 saturated heterocycles. The highest BCUT2D eigenvalue weighted by atomic mass is 32.2. The molecule has 1 saturated carbocycles. The number of carboxylic acids is 1. The molecule has 4 aliphatic heterocycles. The number of carboxylic acid groups (broad SMARTS) is 1. The molecule has 14 amide bonds. The molecule has 5 fully saturated rings. The van der Waals surface area contributed by atoms with Gasteiger partial charge in [-0.1, -0.05) is 108 Å². The number of nitrogens with one attached hydrogen (secondary N) is 9. The van der Waals surface area contributed by atoms with Gasteiger partial charge >= 0.3 is 5.97 Å². The first-order valence-electron chi connectivity index (χ1n) is 42.2. The number of benzene rings is 3. The van der Waals surface area contributed by atoms with Crippen molar-refractivity contribution in [3.05, 3.63) is 102 Å². The van der Waals surface area contributed by atoms with Crippen LogP contribution >= 0.6 is 11.8 Å². The van der Waals surface area contributed by atoms with Gasteiger partial charge in [-0.05, 0) is 98.4 Å². The number of aromatic amines is 1. The fourth-order valence-electron chi connectivity index (χ4n) is 17.2. The molecule has 0 radical (unpaired) electrons. The van der Waals surface area contributed by atoms with Crippen molar-refractivity contribution in [3.63, 3.8) is 0 Å². The highest BCUT2D eigenvalue weighted by molar-refractivity contribution is 7.99. The highest BCUT2D eigenvalue weighted by Crippen LogP contribution is 2.32. The Balaban J connectivity index is 0.980. The number of aliphatic carboxylic acids is 1. The number of rotatable bonds is 15. The van der Waals surface area contributed by atoms with Crippen LogP contribution in [0.2, 0.25) is 0 Å². The van der Waals surface area contributed by atoms with E-state index in [1.807, 2.05) is 13.8 Å². The summed E-state index contributed by atoms with van der Waals surface area (Å²) in [5.74, 6) is -13.6. The average molecular weight is 1710 g/mol. The predicted octanol–water partition coefficient (Wildman–Crippen LogP) is -0.172. The van der Waals surface area contributed by atoms with Crippen LogP contribution < -0.4 is 54.0 Å². The van der Waals surface area contributed by atoms with Crippen molar-refractivity contribution in [2.45, 2.75) is 228 Å². The van der Waals surface area contributed by atoms with Gasteiger partial charge in [0.1, 0.15) is 72.7 Å². The quantitative estimate of drug-likeness (QED) is 0.0647. The number of fused-ring (bicyclic) bond motifs is 6. The number of thioether (sulfide) groups is 1. The minimum absolute atomic E-state index is 0.0536. The largest absolute Gasteiger partial charge is 0.508 e. The van der Waals surface area contributed by atoms with Gasteiger partial charge in [0.05, 0.1) is 36.8 Å². The van der Waals surface area contributed by atoms with Crippen LogP contribution in [0.15, 0.2) is 85.2 Å². The van der Waals surface area contributed by atoms with Gasteiger partial charge < -0.3 is 108 Å². The van der Waals surface area contributed by atoms with Crippen molar-refractivity contribution >= 4 is 122 Å². The standard InChI is InChI=1S/C85H117N17O19S/c1-6-58-83(119)101-44-53(104)38-69(101)79(115)94-61(36-50-41-88-59-21-15-13-18-55(50)59)76(112)92-60(29-30-86)75(111)93-62(37-51-43-99(46-74(109)110)67-23-16-14-19-56(51)67)77(113)95-63(34-48(2)3)82(118)98(5)66-22-12-10-8-7-9-11-20-57(66)81(117)97(4)32-33-122-47-73(108)91-64(35-49-25-27-52(103)28-26-49)85(121)102-45-54(105)39-70(102)80(116)96-65(40-71(87)106)84(120)100-31-17-24-68(100)78(114)89-42-72(107)90-58/h13-16,18-19,21,23,25-28,41,43,48,53-54,57-58,60-66,68-70,88,103-105H,6-12,17,20,22,24,29-40,42,44-47,86H2,1-5H3,(H2,87,106)(H,89,114)(H,90,107)(H,91,108)(H,92,112)(H,93,111)(H,94,115)(H,95,113)(H,96,116)(H,109,110)/t53-,54+,57?,58+,60+,61+,62+,63?,64+,65-,66?,68-,69+,70+/m1/s1. The number of nitrogens with zero attached hydrogens (tertiary/aromatic N) is 6. The molecule has 122 heavy (non-hydrogen) atoms. The summed E-state index contributed by atoms with van der Waals surface area (Å²) < 4.78 is 1.48. The van der Waals surface area contributed by atoms with Gasteiger partial charge in [-0.2, -0.15) is 11.8 Å². The highest BCUT2D eigenvalue weighted by Gasteiger charge is 2.47. The Kier molecular flexibility index (Phi) is 33.2. The van der Waals surface area contributed by atoms with Crippen molar-refractivity contribution in [2.75, 3.05) is 64.9 Å². The maximum absolute atomic E-state index is 15.6. The topological polar surface area (TPSA) is 522 Å². The monoisotopic (exact) mass is 1710 g/mol. The molecule has 10 rings (SSSR count). The number of carbonyl (C=O) groups excluding carboxylic acids is 14. The molecule has 5 aromatic rings. The normalized spacial score (nSPS) is 26.9. The second kappa shape index (κ2) is 43.5. The number of hydrogen-bond acceptors (Lipinski definition) is 20. The average Bonchev–Trinajstić information content (AvgIpc) is 1.77. The van der Waals surface area contributed by atoms with E-state index < -0.39 is 200 Å². The molecule has 6 heterocycles. The summed E-state index contributed by atoms with van der Waals surface area (Å²) in [4.78, 5) is 228. The fraction of sp³-hybridized carbons (Fsp3) is 0.565. The van der Waals surface area contributed by atoms with Gasteiger partial charge in [0, 0.05) is 118 Å². The number of phenolic OH excluding ortho intramolecular Hbond substituents is 1. The summed E-state index contributed by atoms with van der Waals surface area (Å²) in [5, 5.41) is 65.6. The Labute approximate surface area is 711 Å². The number of aliphatic hydroxyl groups excluding tert-OH is 2. The first-order valence-corrected chi connectivity index (χ1v) is 43.3. The number of para-hydroxylation sites is 2. The summed E-state index contributed by atoms with van der Waals surface area (Å²) in [6.07, 6.45) is 4.11. The molecule has 2 aromatic heterocycles. The minimum atomic E-state index is -1.72. The number of likely N-dealkylation sites (N-methyl/N-ethyl adjacent to an activating group) is 1. The van der Waals surface area contributed by atoms with Crippen LogP contribution in [0.5, 0.6) is 5.75 Å². The van der Waals surface area contributed by atoms with Crippen LogP contribution in [0, 0.1) is 11.8 Å². The molecule has 37 heteroatoms. The van der Waals surface area contributed by atoms with E-state index in [-0.39, 0.29) is 113 Å². The maximum atomic E-state index is 15.6. The predicted molar refractivity (Wildman–Crippen MR) is 450 cm³/mol. The zero-order valence-corrected chi connectivity index (χ0v) is 70.5. The summed E-state index contributed by atoms with van der Waals surface area (Å²) in [7, 11) is 3.24. The van der Waals surface area contributed by atoms with E-state index in [1.54, 1.807) is 86.8 Å². The Morgan fingerprint density at radius 3 is 1.76 bits per heavy atom. The van der Waals surface area contributed by atoms with E-state index in [2.05, 4.69) is 47.5 Å². The Morgan fingerprint density at radius 2 is 1.12 bits per heavy atom. The van der Waals surface area contributed by atoms with E-state index in [9.17, 15) is 63.6 Å². The molecule has 0 bridgehead atoms. The van der Waals surface area contributed by atoms with E-state index in [1.165, 1.54) is 33.7 Å². The molecule has 662 valence electrons. The second-order valence-corrected chi connectivity index (χ2v) is 34.1. The second-order valence-electron chi connectivity index (χ2n) is 33.0. The van der Waals surface area contributed by atoms with E-state index in [0.717, 1.165) is 52.1 Å². The zero-order chi connectivity index (χ0) is 88.2. The number of aromatic hydroxyl groups is 1. The van der Waals surface area contributed by atoms with Crippen LogP contribution in [0.4, 0.5) is 0 Å². The lowest BCUT2D eigenvalue weighted by Gasteiger charge is -2.38. The third-order valence-electron chi connectivity index (χ3n) is 23.5. The number of hydrogen-bond donors (Lipinski definition) is 15. The van der Waals surface area contributed by atoms with Gasteiger partial charge in [0.15, 0.2) is 0 Å². The smallest absolute Gasteiger partial charge is 0.323 e. The summed E-state index contributed by atoms with van der Waals surface area (Å²) in [6, 6.07) is 4.50. The third-order valence-corrected chi connectivity index (χ3v) is 24.4. The molecular formula is C85H117N17O19S. The minimum Gasteiger partial charge on any atom is -0.508 e. The number of primary amides is 1. The van der Waals surface area contributed by atoms with Gasteiger partial charge in [-0.15, -0.1) is 0 Å². The summed E-state index contributed by atoms with van der Waals surface area (Å²) >= 11 is 1.15. The van der Waals surface area contributed by atoms with E-state index in [4.69, 9.17) is 11.5 Å². The first-order chi connectivity index (χ1) is 58.3. The third kappa shape index (κ3) is 24.4. The van der Waals surface area contributed by atoms with Crippen LogP contribution in [0.3, 0.4) is 0 Å². The Morgan fingerprint density at radius 1 is 0.557 bits per heavy atom. The Bertz CT molecular complexity index is 4620. The summed E-state index contributed by atoms with van der Waals surface area (Å²) in [6.45, 7) is 3.10. The number of amides is 14. The molecule has 36 nitrogen and oxygen atoms in total. The molecule has 3 unspecified atom stereocenters. The first kappa shape index (κ1) is 93.1. The zero-order valence-electron chi connectivity index (χ0n) is 69.7. The van der Waals surface area contributed by atoms with Crippen LogP contribution in [0.1, 0.15) is 140 Å². The van der Waals surface area contributed by atoms with Gasteiger partial charge in [0.25, 0.3) is 0 Å². The number of H-pyrrole nitrogens is 1. The lowest BCUT2D eigenvalue weighted by Crippen LogP contribution is -2.61. The number of aliphatic hydroxyl groups is 2. The molecule has 17 N–H and O–H groups in total. The van der Waals surface area contributed by atoms with Crippen LogP contribution in [-0.4, -0.2) is 287 Å². The molecular weight excluding hydrogens is 1600 g/mol. The molecule has 1 aliphatic carbocycles. The van der Waals surface area contributed by atoms with Gasteiger partial charge in [0.2, 0.25) is 82.7 Å². The maximum Gasteiger partial charge on any atom is 0.323 e. The van der Waals surface area contributed by atoms with Gasteiger partial charge in [-0.3, -0.25) is 71.9 Å². The van der Waals surface area contributed by atoms with E-state index >= 15 is 28.8 Å². The number of carbonyl (C=O) groups is 15. The summed E-state index contributed by atoms with van der Waals surface area (Å²) in [5.41, 5.74) is 14.5. The molecule has 14 atom stereocenters. The molecule has 0 spiro atoms. The van der Waals surface area contributed by atoms with Crippen molar-refractivity contribution in [1.82, 2.24) is 76.6 Å². The lowest BCUT2D eigenvalue weighted by atomic mass is 9.85. The fourth-order valence-corrected chi connectivity index (χ4v) is 18.0. The molecule has 5 aliphatic rings. The number of phenols is 1. The van der Waals surface area contributed by atoms with Crippen molar-refractivity contribution < 1.29 is 92.3 Å². The van der Waals surface area contributed by atoms with Crippen molar-refractivity contribution in [1.29, 1.82) is 0 Å². The van der Waals surface area contributed by atoms with E-state index in [0.29, 0.717) is 64.2 Å². The van der Waals surface area contributed by atoms with Crippen LogP contribution in [0.25, 0.3) is 21.8 Å². The van der Waals surface area contributed by atoms with Crippen molar-refractivity contribution in [3.8, 4) is 5.75 Å². The van der Waals surface area contributed by atoms with Crippen molar-refractivity contribution in [2.24, 2.45) is 23.3 Å². The van der Waals surface area contributed by atoms with Gasteiger partial charge in [-0.25, -0.2) is 0 Å². The number of aromatic nitrogens is 2. The molecule has 3 aromatic carbocycles. The lowest BCUT2D eigenvalue weighted by molar-refractivity contribution is -0.145.